The molecule has 0 saturated heterocycles. The van der Waals surface area contributed by atoms with Crippen LogP contribution in [0.15, 0.2) is 82.6 Å². The van der Waals surface area contributed by atoms with Gasteiger partial charge in [-0.2, -0.15) is 0 Å². The van der Waals surface area contributed by atoms with Gasteiger partial charge in [0.2, 0.25) is 0 Å². The Labute approximate surface area is 178 Å². The Morgan fingerprint density at radius 3 is 2.43 bits per heavy atom. The van der Waals surface area contributed by atoms with Crippen LogP contribution in [0.3, 0.4) is 0 Å². The van der Waals surface area contributed by atoms with Crippen LogP contribution in [0.4, 0.5) is 5.69 Å². The minimum Gasteiger partial charge on any atom is -0.457 e. The number of ether oxygens (including phenoxy) is 1. The predicted molar refractivity (Wildman–Crippen MR) is 117 cm³/mol. The zero-order valence-electron chi connectivity index (χ0n) is 16.7. The highest BCUT2D eigenvalue weighted by Gasteiger charge is 2.12. The molecule has 0 spiro atoms. The lowest BCUT2D eigenvalue weighted by Crippen LogP contribution is -2.10. The van der Waals surface area contributed by atoms with E-state index in [0.29, 0.717) is 17.2 Å². The van der Waals surface area contributed by atoms with Crippen molar-refractivity contribution in [2.75, 3.05) is 5.32 Å². The number of amides is 1. The van der Waals surface area contributed by atoms with Crippen molar-refractivity contribution in [3.63, 3.8) is 0 Å². The van der Waals surface area contributed by atoms with E-state index in [-0.39, 0.29) is 11.7 Å². The van der Waals surface area contributed by atoms with Gasteiger partial charge in [0.15, 0.2) is 10.9 Å². The van der Waals surface area contributed by atoms with Gasteiger partial charge in [-0.1, -0.05) is 29.5 Å². The molecule has 6 nitrogen and oxygen atoms in total. The number of furan rings is 1. The summed E-state index contributed by atoms with van der Waals surface area (Å²) in [5.74, 6) is 2.76. The Morgan fingerprint density at radius 1 is 1.07 bits per heavy atom. The summed E-state index contributed by atoms with van der Waals surface area (Å²) in [5.41, 5.74) is 1.84. The van der Waals surface area contributed by atoms with Crippen molar-refractivity contribution in [1.29, 1.82) is 0 Å². The highest BCUT2D eigenvalue weighted by molar-refractivity contribution is 7.98. The molecule has 4 rings (SSSR count). The maximum atomic E-state index is 12.5. The van der Waals surface area contributed by atoms with E-state index in [9.17, 15) is 4.79 Å². The fraction of sp³-hybridized carbons (Fsp3) is 0.130. The maximum absolute atomic E-state index is 12.5. The van der Waals surface area contributed by atoms with E-state index in [4.69, 9.17) is 9.15 Å². The van der Waals surface area contributed by atoms with Gasteiger partial charge in [0.05, 0.1) is 5.75 Å². The molecule has 0 bridgehead atoms. The lowest BCUT2D eigenvalue weighted by atomic mass is 10.2. The van der Waals surface area contributed by atoms with Gasteiger partial charge in [-0.15, -0.1) is 0 Å². The number of aromatic nitrogens is 2. The minimum atomic E-state index is -0.296. The Morgan fingerprint density at radius 2 is 1.77 bits per heavy atom. The number of carbonyl (C=O) groups is 1. The van der Waals surface area contributed by atoms with Crippen LogP contribution in [-0.2, 0) is 12.8 Å². The monoisotopic (exact) mass is 419 g/mol. The highest BCUT2D eigenvalue weighted by atomic mass is 32.2. The molecule has 2 heterocycles. The van der Waals surface area contributed by atoms with Crippen molar-refractivity contribution in [2.24, 2.45) is 7.05 Å². The first kappa shape index (κ1) is 19.8. The van der Waals surface area contributed by atoms with Crippen LogP contribution in [-0.4, -0.2) is 15.5 Å². The number of rotatable bonds is 7. The zero-order chi connectivity index (χ0) is 20.9. The molecule has 2 aromatic heterocycles. The standard InChI is InChI=1S/C23H21N3O3S/c1-16-3-7-18(8-4-16)28-19-9-5-17(6-10-19)25-22(27)21-12-11-20(29-21)15-30-23-24-13-14-26(23)2/h3-14H,15H2,1-2H3,(H,25,27). The Kier molecular flexibility index (Phi) is 5.90. The van der Waals surface area contributed by atoms with Crippen molar-refractivity contribution in [3.05, 3.63) is 90.1 Å². The van der Waals surface area contributed by atoms with Gasteiger partial charge >= 0.3 is 0 Å². The molecule has 0 radical (unpaired) electrons. The van der Waals surface area contributed by atoms with E-state index in [1.807, 2.05) is 67.2 Å². The topological polar surface area (TPSA) is 69.3 Å². The maximum Gasteiger partial charge on any atom is 0.291 e. The number of thioether (sulfide) groups is 1. The van der Waals surface area contributed by atoms with E-state index in [2.05, 4.69) is 10.3 Å². The summed E-state index contributed by atoms with van der Waals surface area (Å²) < 4.78 is 13.4. The van der Waals surface area contributed by atoms with Crippen LogP contribution in [0.25, 0.3) is 0 Å². The van der Waals surface area contributed by atoms with Crippen LogP contribution in [0.5, 0.6) is 11.5 Å². The average molecular weight is 420 g/mol. The second kappa shape index (κ2) is 8.92. The van der Waals surface area contributed by atoms with E-state index >= 15 is 0 Å². The van der Waals surface area contributed by atoms with Crippen molar-refractivity contribution >= 4 is 23.4 Å². The molecule has 1 amide bonds. The molecular weight excluding hydrogens is 398 g/mol. The number of anilines is 1. The van der Waals surface area contributed by atoms with Gasteiger partial charge in [-0.25, -0.2) is 4.98 Å². The first-order chi connectivity index (χ1) is 14.6. The van der Waals surface area contributed by atoms with Gasteiger partial charge in [-0.05, 0) is 55.5 Å². The fourth-order valence-electron chi connectivity index (χ4n) is 2.75. The zero-order valence-corrected chi connectivity index (χ0v) is 17.5. The largest absolute Gasteiger partial charge is 0.457 e. The second-order valence-electron chi connectivity index (χ2n) is 6.77. The third-order valence-electron chi connectivity index (χ3n) is 4.37. The Bertz CT molecular complexity index is 1130. The van der Waals surface area contributed by atoms with Crippen LogP contribution in [0.2, 0.25) is 0 Å². The number of benzene rings is 2. The molecule has 4 aromatic rings. The van der Waals surface area contributed by atoms with Gasteiger partial charge in [-0.3, -0.25) is 4.79 Å². The molecule has 0 aliphatic carbocycles. The molecule has 2 aromatic carbocycles. The number of carbonyl (C=O) groups excluding carboxylic acids is 1. The summed E-state index contributed by atoms with van der Waals surface area (Å²) in [6, 6.07) is 18.5. The molecule has 0 aliphatic rings. The quantitative estimate of drug-likeness (QED) is 0.392. The average Bonchev–Trinajstić information content (AvgIpc) is 3.38. The SMILES string of the molecule is Cc1ccc(Oc2ccc(NC(=O)c3ccc(CSc4nccn4C)o3)cc2)cc1. The summed E-state index contributed by atoms with van der Waals surface area (Å²) in [6.45, 7) is 2.03. The summed E-state index contributed by atoms with van der Waals surface area (Å²) in [4.78, 5) is 16.7. The van der Waals surface area contributed by atoms with Gasteiger partial charge < -0.3 is 19.0 Å². The predicted octanol–water partition coefficient (Wildman–Crippen LogP) is 5.66. The summed E-state index contributed by atoms with van der Waals surface area (Å²) in [5, 5.41) is 3.73. The summed E-state index contributed by atoms with van der Waals surface area (Å²) in [6.07, 6.45) is 3.64. The normalized spacial score (nSPS) is 10.7. The summed E-state index contributed by atoms with van der Waals surface area (Å²) >= 11 is 1.55. The van der Waals surface area contributed by atoms with E-state index in [1.54, 1.807) is 36.2 Å². The highest BCUT2D eigenvalue weighted by Crippen LogP contribution is 2.25. The van der Waals surface area contributed by atoms with Crippen LogP contribution in [0, 0.1) is 6.92 Å². The molecule has 7 heteroatoms. The lowest BCUT2D eigenvalue weighted by Gasteiger charge is -2.08. The molecule has 30 heavy (non-hydrogen) atoms. The van der Waals surface area contributed by atoms with Crippen LogP contribution < -0.4 is 10.1 Å². The number of nitrogens with one attached hydrogen (secondary N) is 1. The van der Waals surface area contributed by atoms with Crippen LogP contribution in [0.1, 0.15) is 21.9 Å². The molecule has 0 fully saturated rings. The molecule has 0 saturated carbocycles. The van der Waals surface area contributed by atoms with Gasteiger partial charge in [0, 0.05) is 25.1 Å². The third kappa shape index (κ3) is 4.93. The number of nitrogens with zero attached hydrogens (tertiary/aromatic N) is 2. The smallest absolute Gasteiger partial charge is 0.291 e. The van der Waals surface area contributed by atoms with Crippen molar-refractivity contribution in [1.82, 2.24) is 9.55 Å². The molecule has 0 unspecified atom stereocenters. The van der Waals surface area contributed by atoms with E-state index < -0.39 is 0 Å². The second-order valence-corrected chi connectivity index (χ2v) is 7.71. The summed E-state index contributed by atoms with van der Waals surface area (Å²) in [7, 11) is 1.94. The van der Waals surface area contributed by atoms with Crippen molar-refractivity contribution < 1.29 is 13.9 Å². The van der Waals surface area contributed by atoms with Crippen LogP contribution >= 0.6 is 11.8 Å². The number of hydrogen-bond donors (Lipinski definition) is 1. The molecular formula is C23H21N3O3S. The Balaban J connectivity index is 1.33. The number of imidazole rings is 1. The fourth-order valence-corrected chi connectivity index (χ4v) is 3.57. The number of aryl methyl sites for hydroxylation is 2. The Hall–Kier alpha value is -3.45. The lowest BCUT2D eigenvalue weighted by molar-refractivity contribution is 0.0995. The first-order valence-corrected chi connectivity index (χ1v) is 10.4. The molecule has 152 valence electrons. The minimum absolute atomic E-state index is 0.269. The van der Waals surface area contributed by atoms with Gasteiger partial charge in [0.1, 0.15) is 17.3 Å². The van der Waals surface area contributed by atoms with Crippen molar-refractivity contribution in [3.8, 4) is 11.5 Å². The first-order valence-electron chi connectivity index (χ1n) is 9.41. The van der Waals surface area contributed by atoms with Gasteiger partial charge in [0.25, 0.3) is 5.91 Å². The molecule has 0 aliphatic heterocycles. The van der Waals surface area contributed by atoms with E-state index in [0.717, 1.165) is 16.7 Å². The van der Waals surface area contributed by atoms with Crippen molar-refractivity contribution in [2.45, 2.75) is 17.8 Å². The van der Waals surface area contributed by atoms with E-state index in [1.165, 1.54) is 5.56 Å². The molecule has 1 N–H and O–H groups in total. The molecule has 0 atom stereocenters. The third-order valence-corrected chi connectivity index (χ3v) is 5.46. The number of hydrogen-bond acceptors (Lipinski definition) is 5.